The molecule has 3 rings (SSSR count). The highest BCUT2D eigenvalue weighted by atomic mass is 32.2. The molecule has 0 aliphatic carbocycles. The van der Waals surface area contributed by atoms with E-state index in [9.17, 15) is 0 Å². The molecule has 0 amide bonds. The topological polar surface area (TPSA) is 21.7 Å². The number of hydrogen-bond acceptors (Lipinski definition) is 5. The van der Waals surface area contributed by atoms with Crippen LogP contribution in [0.1, 0.15) is 18.4 Å². The molecule has 152 valence electrons. The Hall–Kier alpha value is -1.30. The molecule has 0 N–H and O–H groups in total. The van der Waals surface area contributed by atoms with E-state index in [1.54, 1.807) is 0 Å². The van der Waals surface area contributed by atoms with Gasteiger partial charge in [-0.1, -0.05) is 30.3 Å². The summed E-state index contributed by atoms with van der Waals surface area (Å²) >= 11 is 3.98. The lowest BCUT2D eigenvalue weighted by Crippen LogP contribution is -2.43. The van der Waals surface area contributed by atoms with Gasteiger partial charge in [-0.25, -0.2) is 0 Å². The van der Waals surface area contributed by atoms with E-state index in [1.165, 1.54) is 17.7 Å². The number of benzene rings is 2. The van der Waals surface area contributed by atoms with Crippen LogP contribution in [0.4, 0.5) is 5.69 Å². The fraction of sp³-hybridized carbons (Fsp3) is 0.478. The van der Waals surface area contributed by atoms with Gasteiger partial charge in [-0.2, -0.15) is 23.5 Å². The van der Waals surface area contributed by atoms with E-state index in [1.807, 2.05) is 41.7 Å². The number of piperidine rings is 1. The van der Waals surface area contributed by atoms with E-state index < -0.39 is 0 Å². The Morgan fingerprint density at radius 1 is 0.893 bits per heavy atom. The van der Waals surface area contributed by atoms with Gasteiger partial charge in [0.1, 0.15) is 5.75 Å². The number of thioether (sulfide) groups is 2. The molecule has 0 spiro atoms. The maximum Gasteiger partial charge on any atom is 0.119 e. The number of anilines is 1. The van der Waals surface area contributed by atoms with Gasteiger partial charge in [-0.05, 0) is 48.8 Å². The highest BCUT2D eigenvalue weighted by Crippen LogP contribution is 2.30. The summed E-state index contributed by atoms with van der Waals surface area (Å²) in [5.74, 6) is 0.937. The Balaban J connectivity index is 1.38. The van der Waals surface area contributed by atoms with Crippen LogP contribution < -0.4 is 9.64 Å². The monoisotopic (exact) mass is 417 g/mol. The first-order valence-electron chi connectivity index (χ1n) is 9.93. The first kappa shape index (κ1) is 21.4. The molecular weight excluding hydrogens is 386 g/mol. The standard InChI is InChI=1S/C23H31NO2S2/c1-27-22-15-23(28-2)17-24(16-22)20-9-11-21(12-10-20)26-14-6-13-25-18-19-7-4-3-5-8-19/h3-5,7-12,22-23H,6,13-18H2,1-2H3. The van der Waals surface area contributed by atoms with Crippen LogP contribution in [-0.4, -0.2) is 49.3 Å². The summed E-state index contributed by atoms with van der Waals surface area (Å²) in [4.78, 5) is 2.52. The predicted octanol–water partition coefficient (Wildman–Crippen LogP) is 5.35. The van der Waals surface area contributed by atoms with Gasteiger partial charge in [0.15, 0.2) is 0 Å². The Bertz CT molecular complexity index is 669. The smallest absolute Gasteiger partial charge is 0.119 e. The predicted molar refractivity (Wildman–Crippen MR) is 124 cm³/mol. The molecule has 1 heterocycles. The van der Waals surface area contributed by atoms with Gasteiger partial charge in [-0.15, -0.1) is 0 Å². The van der Waals surface area contributed by atoms with Crippen molar-refractivity contribution in [3.05, 3.63) is 60.2 Å². The summed E-state index contributed by atoms with van der Waals surface area (Å²) < 4.78 is 11.6. The second-order valence-electron chi connectivity index (χ2n) is 7.09. The second kappa shape index (κ2) is 11.6. The summed E-state index contributed by atoms with van der Waals surface area (Å²) in [5.41, 5.74) is 2.51. The third-order valence-electron chi connectivity index (χ3n) is 5.06. The first-order chi connectivity index (χ1) is 13.8. The van der Waals surface area contributed by atoms with Crippen LogP contribution in [0.25, 0.3) is 0 Å². The fourth-order valence-electron chi connectivity index (χ4n) is 3.43. The van der Waals surface area contributed by atoms with Crippen LogP contribution >= 0.6 is 23.5 Å². The largest absolute Gasteiger partial charge is 0.494 e. The van der Waals surface area contributed by atoms with Crippen molar-refractivity contribution in [2.75, 3.05) is 43.7 Å². The minimum Gasteiger partial charge on any atom is -0.494 e. The van der Waals surface area contributed by atoms with Crippen molar-refractivity contribution in [1.29, 1.82) is 0 Å². The zero-order valence-electron chi connectivity index (χ0n) is 16.9. The Morgan fingerprint density at radius 2 is 1.57 bits per heavy atom. The lowest BCUT2D eigenvalue weighted by Gasteiger charge is -2.38. The molecule has 0 aromatic heterocycles. The molecule has 1 aliphatic heterocycles. The number of hydrogen-bond donors (Lipinski definition) is 0. The zero-order valence-corrected chi connectivity index (χ0v) is 18.5. The highest BCUT2D eigenvalue weighted by molar-refractivity contribution is 8.00. The second-order valence-corrected chi connectivity index (χ2v) is 9.37. The van der Waals surface area contributed by atoms with Crippen LogP contribution in [-0.2, 0) is 11.3 Å². The summed E-state index contributed by atoms with van der Waals surface area (Å²) in [7, 11) is 0. The van der Waals surface area contributed by atoms with Gasteiger partial charge in [0, 0.05) is 35.7 Å². The average molecular weight is 418 g/mol. The molecule has 1 fully saturated rings. The van der Waals surface area contributed by atoms with Gasteiger partial charge >= 0.3 is 0 Å². The van der Waals surface area contributed by atoms with Crippen molar-refractivity contribution in [2.45, 2.75) is 29.9 Å². The SMILES string of the molecule is CSC1CC(SC)CN(c2ccc(OCCCOCc3ccccc3)cc2)C1. The summed E-state index contributed by atoms with van der Waals surface area (Å²) in [5, 5.41) is 1.44. The Morgan fingerprint density at radius 3 is 2.21 bits per heavy atom. The lowest BCUT2D eigenvalue weighted by atomic mass is 10.1. The van der Waals surface area contributed by atoms with E-state index in [-0.39, 0.29) is 0 Å². The van der Waals surface area contributed by atoms with Gasteiger partial charge in [0.25, 0.3) is 0 Å². The molecule has 2 aromatic carbocycles. The van der Waals surface area contributed by atoms with E-state index in [0.29, 0.717) is 19.8 Å². The Kier molecular flexibility index (Phi) is 8.90. The average Bonchev–Trinajstić information content (AvgIpc) is 2.77. The summed E-state index contributed by atoms with van der Waals surface area (Å²) in [6, 6.07) is 18.9. The van der Waals surface area contributed by atoms with Crippen molar-refractivity contribution in [3.63, 3.8) is 0 Å². The zero-order chi connectivity index (χ0) is 19.6. The van der Waals surface area contributed by atoms with Crippen LogP contribution in [0.5, 0.6) is 5.75 Å². The summed E-state index contributed by atoms with van der Waals surface area (Å²) in [6.07, 6.45) is 6.66. The number of rotatable bonds is 10. The Labute approximate surface area is 178 Å². The van der Waals surface area contributed by atoms with Crippen molar-refractivity contribution in [1.82, 2.24) is 0 Å². The molecule has 0 saturated carbocycles. The molecule has 1 aliphatic rings. The van der Waals surface area contributed by atoms with Gasteiger partial charge in [0.05, 0.1) is 19.8 Å². The summed E-state index contributed by atoms with van der Waals surface area (Å²) in [6.45, 7) is 4.33. The van der Waals surface area contributed by atoms with E-state index in [4.69, 9.17) is 9.47 Å². The maximum atomic E-state index is 5.88. The van der Waals surface area contributed by atoms with E-state index in [2.05, 4.69) is 53.8 Å². The number of ether oxygens (including phenoxy) is 2. The van der Waals surface area contributed by atoms with E-state index in [0.717, 1.165) is 35.8 Å². The van der Waals surface area contributed by atoms with Crippen molar-refractivity contribution >= 4 is 29.2 Å². The molecule has 1 saturated heterocycles. The minimum atomic E-state index is 0.666. The molecule has 5 heteroatoms. The minimum absolute atomic E-state index is 0.666. The molecule has 2 aromatic rings. The number of nitrogens with zero attached hydrogens (tertiary/aromatic N) is 1. The first-order valence-corrected chi connectivity index (χ1v) is 12.5. The molecular formula is C23H31NO2S2. The van der Waals surface area contributed by atoms with Crippen LogP contribution in [0.15, 0.2) is 54.6 Å². The van der Waals surface area contributed by atoms with Crippen LogP contribution in [0, 0.1) is 0 Å². The molecule has 2 unspecified atom stereocenters. The normalized spacial score (nSPS) is 19.6. The van der Waals surface area contributed by atoms with Gasteiger partial charge in [0.2, 0.25) is 0 Å². The molecule has 0 radical (unpaired) electrons. The third-order valence-corrected chi connectivity index (χ3v) is 7.07. The van der Waals surface area contributed by atoms with E-state index >= 15 is 0 Å². The van der Waals surface area contributed by atoms with Crippen molar-refractivity contribution in [2.24, 2.45) is 0 Å². The van der Waals surface area contributed by atoms with Gasteiger partial charge in [-0.3, -0.25) is 0 Å². The van der Waals surface area contributed by atoms with Crippen LogP contribution in [0.3, 0.4) is 0 Å². The fourth-order valence-corrected chi connectivity index (χ4v) is 5.06. The third kappa shape index (κ3) is 6.64. The molecule has 2 atom stereocenters. The van der Waals surface area contributed by atoms with Crippen LogP contribution in [0.2, 0.25) is 0 Å². The van der Waals surface area contributed by atoms with Gasteiger partial charge < -0.3 is 14.4 Å². The highest BCUT2D eigenvalue weighted by Gasteiger charge is 2.26. The lowest BCUT2D eigenvalue weighted by molar-refractivity contribution is 0.107. The van der Waals surface area contributed by atoms with Crippen molar-refractivity contribution in [3.8, 4) is 5.75 Å². The van der Waals surface area contributed by atoms with Crippen molar-refractivity contribution < 1.29 is 9.47 Å². The molecule has 28 heavy (non-hydrogen) atoms. The molecule has 0 bridgehead atoms. The molecule has 3 nitrogen and oxygen atoms in total. The maximum absolute atomic E-state index is 5.88. The quantitative estimate of drug-likeness (QED) is 0.485.